The number of amides is 2. The Kier molecular flexibility index (Phi) is 5.71. The van der Waals surface area contributed by atoms with Crippen molar-refractivity contribution in [3.05, 3.63) is 67.1 Å². The fourth-order valence-corrected chi connectivity index (χ4v) is 3.68. The summed E-state index contributed by atoms with van der Waals surface area (Å²) >= 11 is 9.26. The monoisotopic (exact) mass is 484 g/mol. The van der Waals surface area contributed by atoms with Gasteiger partial charge in [0.2, 0.25) is 0 Å². The zero-order chi connectivity index (χ0) is 18.0. The van der Waals surface area contributed by atoms with Crippen LogP contribution in [0.5, 0.6) is 0 Å². The Labute approximate surface area is 168 Å². The van der Waals surface area contributed by atoms with Crippen molar-refractivity contribution in [2.24, 2.45) is 0 Å². The van der Waals surface area contributed by atoms with Crippen LogP contribution in [0, 0.1) is 10.5 Å². The Morgan fingerprint density at radius 2 is 1.92 bits per heavy atom. The molecule has 0 saturated carbocycles. The van der Waals surface area contributed by atoms with Crippen molar-refractivity contribution >= 4 is 68.9 Å². The zero-order valence-electron chi connectivity index (χ0n) is 13.3. The number of benzene rings is 2. The van der Waals surface area contributed by atoms with Gasteiger partial charge in [0, 0.05) is 14.3 Å². The molecule has 0 atom stereocenters. The maximum absolute atomic E-state index is 12.5. The number of rotatable bonds is 4. The minimum atomic E-state index is -0.291. The van der Waals surface area contributed by atoms with Crippen molar-refractivity contribution in [2.75, 3.05) is 12.0 Å². The van der Waals surface area contributed by atoms with Gasteiger partial charge in [-0.25, -0.2) is 0 Å². The Morgan fingerprint density at radius 3 is 2.64 bits per heavy atom. The number of nitrogens with one attached hydrogen (secondary N) is 1. The molecule has 1 saturated heterocycles. The lowest BCUT2D eigenvalue weighted by Crippen LogP contribution is -2.33. The van der Waals surface area contributed by atoms with Gasteiger partial charge in [0.15, 0.2) is 0 Å². The highest BCUT2D eigenvalue weighted by molar-refractivity contribution is 14.1. The summed E-state index contributed by atoms with van der Waals surface area (Å²) in [6, 6.07) is 13.2. The molecule has 4 nitrogen and oxygen atoms in total. The van der Waals surface area contributed by atoms with Gasteiger partial charge >= 0.3 is 0 Å². The first-order valence-electron chi connectivity index (χ1n) is 7.45. The molecule has 2 amide bonds. The SMILES string of the molecule is Cc1c(Cl)cccc1NCN1C(=O)S/C(=C/c2ccc(I)cc2)C1=O. The molecule has 128 valence electrons. The van der Waals surface area contributed by atoms with Crippen LogP contribution in [0.25, 0.3) is 6.08 Å². The van der Waals surface area contributed by atoms with Crippen LogP contribution in [0.2, 0.25) is 5.02 Å². The summed E-state index contributed by atoms with van der Waals surface area (Å²) in [6.07, 6.45) is 1.74. The van der Waals surface area contributed by atoms with Gasteiger partial charge in [-0.05, 0) is 82.7 Å². The normalized spacial score (nSPS) is 16.0. The van der Waals surface area contributed by atoms with Gasteiger partial charge in [0.1, 0.15) is 0 Å². The number of carbonyl (C=O) groups excluding carboxylic acids is 2. The highest BCUT2D eigenvalue weighted by Crippen LogP contribution is 2.32. The second kappa shape index (κ2) is 7.80. The number of carbonyl (C=O) groups is 2. The average Bonchev–Trinajstić information content (AvgIpc) is 2.85. The third-order valence-electron chi connectivity index (χ3n) is 3.74. The fraction of sp³-hybridized carbons (Fsp3) is 0.111. The van der Waals surface area contributed by atoms with E-state index in [0.29, 0.717) is 9.93 Å². The van der Waals surface area contributed by atoms with Crippen LogP contribution in [0.1, 0.15) is 11.1 Å². The number of thioether (sulfide) groups is 1. The molecule has 7 heteroatoms. The van der Waals surface area contributed by atoms with Crippen molar-refractivity contribution < 1.29 is 9.59 Å². The molecule has 0 aliphatic carbocycles. The van der Waals surface area contributed by atoms with Gasteiger partial charge in [-0.1, -0.05) is 29.8 Å². The van der Waals surface area contributed by atoms with Crippen molar-refractivity contribution in [1.82, 2.24) is 4.90 Å². The first-order chi connectivity index (χ1) is 12.0. The first kappa shape index (κ1) is 18.3. The highest BCUT2D eigenvalue weighted by Gasteiger charge is 2.34. The van der Waals surface area contributed by atoms with E-state index in [-0.39, 0.29) is 17.8 Å². The van der Waals surface area contributed by atoms with Gasteiger partial charge in [-0.15, -0.1) is 0 Å². The van der Waals surface area contributed by atoms with E-state index >= 15 is 0 Å². The minimum absolute atomic E-state index is 0.107. The second-order valence-corrected chi connectivity index (χ2v) is 8.05. The van der Waals surface area contributed by atoms with Crippen LogP contribution in [0.15, 0.2) is 47.4 Å². The molecule has 1 aliphatic heterocycles. The molecule has 2 aromatic carbocycles. The van der Waals surface area contributed by atoms with Gasteiger partial charge in [-0.2, -0.15) is 0 Å². The summed E-state index contributed by atoms with van der Waals surface area (Å²) in [7, 11) is 0. The quantitative estimate of drug-likeness (QED) is 0.469. The first-order valence-corrected chi connectivity index (χ1v) is 9.73. The third-order valence-corrected chi connectivity index (χ3v) is 5.77. The van der Waals surface area contributed by atoms with Gasteiger partial charge in [0.25, 0.3) is 11.1 Å². The van der Waals surface area contributed by atoms with Crippen LogP contribution in [-0.2, 0) is 4.79 Å². The van der Waals surface area contributed by atoms with Crippen molar-refractivity contribution in [1.29, 1.82) is 0 Å². The predicted molar refractivity (Wildman–Crippen MR) is 112 cm³/mol. The molecule has 1 N–H and O–H groups in total. The molecular formula is C18H14ClIN2O2S. The maximum atomic E-state index is 12.5. The van der Waals surface area contributed by atoms with Gasteiger partial charge < -0.3 is 5.32 Å². The summed E-state index contributed by atoms with van der Waals surface area (Å²) in [5.74, 6) is -0.291. The van der Waals surface area contributed by atoms with Crippen LogP contribution in [-0.4, -0.2) is 22.7 Å². The van der Waals surface area contributed by atoms with E-state index in [1.165, 1.54) is 4.90 Å². The fourth-order valence-electron chi connectivity index (χ4n) is 2.31. The molecule has 1 aliphatic rings. The van der Waals surface area contributed by atoms with E-state index in [4.69, 9.17) is 11.6 Å². The maximum Gasteiger partial charge on any atom is 0.295 e. The standard InChI is InChI=1S/C18H14ClIN2O2S/c1-11-14(19)3-2-4-15(11)21-10-22-17(23)16(25-18(22)24)9-12-5-7-13(20)8-6-12/h2-9,21H,10H2,1H3/b16-9+. The van der Waals surface area contributed by atoms with Crippen molar-refractivity contribution in [2.45, 2.75) is 6.92 Å². The molecule has 25 heavy (non-hydrogen) atoms. The smallest absolute Gasteiger partial charge is 0.295 e. The summed E-state index contributed by atoms with van der Waals surface area (Å²) in [5.41, 5.74) is 2.57. The lowest BCUT2D eigenvalue weighted by Gasteiger charge is -2.16. The molecule has 3 rings (SSSR count). The second-order valence-electron chi connectivity index (χ2n) is 5.41. The van der Waals surface area contributed by atoms with E-state index in [9.17, 15) is 9.59 Å². The number of imide groups is 1. The molecule has 2 aromatic rings. The molecule has 0 radical (unpaired) electrons. The van der Waals surface area contributed by atoms with Crippen LogP contribution >= 0.6 is 46.0 Å². The van der Waals surface area contributed by atoms with Crippen LogP contribution in [0.3, 0.4) is 0 Å². The Hall–Kier alpha value is -1.51. The van der Waals surface area contributed by atoms with E-state index in [1.54, 1.807) is 12.1 Å². The largest absolute Gasteiger partial charge is 0.367 e. The summed E-state index contributed by atoms with van der Waals surface area (Å²) in [6.45, 7) is 1.99. The Bertz CT molecular complexity index is 868. The van der Waals surface area contributed by atoms with Crippen LogP contribution < -0.4 is 5.32 Å². The van der Waals surface area contributed by atoms with Gasteiger partial charge in [0.05, 0.1) is 11.6 Å². The number of anilines is 1. The number of hydrogen-bond acceptors (Lipinski definition) is 4. The molecule has 1 fully saturated rings. The Morgan fingerprint density at radius 1 is 1.20 bits per heavy atom. The topological polar surface area (TPSA) is 49.4 Å². The molecule has 0 aromatic heterocycles. The summed E-state index contributed by atoms with van der Waals surface area (Å²) in [5, 5.41) is 3.46. The van der Waals surface area contributed by atoms with E-state index < -0.39 is 0 Å². The third kappa shape index (κ3) is 4.19. The molecule has 1 heterocycles. The lowest BCUT2D eigenvalue weighted by molar-refractivity contribution is -0.122. The average molecular weight is 485 g/mol. The summed E-state index contributed by atoms with van der Waals surface area (Å²) < 4.78 is 1.11. The van der Waals surface area contributed by atoms with Crippen LogP contribution in [0.4, 0.5) is 10.5 Å². The molecule has 0 spiro atoms. The molecule has 0 unspecified atom stereocenters. The van der Waals surface area contributed by atoms with E-state index in [0.717, 1.165) is 32.1 Å². The summed E-state index contributed by atoms with van der Waals surface area (Å²) in [4.78, 5) is 26.3. The number of halogens is 2. The lowest BCUT2D eigenvalue weighted by atomic mass is 10.2. The highest BCUT2D eigenvalue weighted by atomic mass is 127. The molecule has 0 bridgehead atoms. The van der Waals surface area contributed by atoms with E-state index in [2.05, 4.69) is 27.9 Å². The zero-order valence-corrected chi connectivity index (χ0v) is 17.0. The minimum Gasteiger partial charge on any atom is -0.367 e. The Balaban J connectivity index is 1.73. The predicted octanol–water partition coefficient (Wildman–Crippen LogP) is 5.36. The number of hydrogen-bond donors (Lipinski definition) is 1. The van der Waals surface area contributed by atoms with Crippen molar-refractivity contribution in [3.8, 4) is 0 Å². The van der Waals surface area contributed by atoms with E-state index in [1.807, 2.05) is 43.3 Å². The number of nitrogens with zero attached hydrogens (tertiary/aromatic N) is 1. The molecular weight excluding hydrogens is 471 g/mol. The van der Waals surface area contributed by atoms with Crippen molar-refractivity contribution in [3.63, 3.8) is 0 Å². The van der Waals surface area contributed by atoms with Gasteiger partial charge in [-0.3, -0.25) is 14.5 Å².